The SMILES string of the molecule is CCN(CC)C(CC)(CC)C(O)Cc1nc(C)cs1. The van der Waals surface area contributed by atoms with Crippen LogP contribution in [0.1, 0.15) is 51.2 Å². The number of thiazole rings is 1. The summed E-state index contributed by atoms with van der Waals surface area (Å²) in [6.07, 6.45) is 2.25. The average Bonchev–Trinajstić information content (AvgIpc) is 2.81. The van der Waals surface area contributed by atoms with Crippen molar-refractivity contribution in [2.24, 2.45) is 0 Å². The zero-order valence-electron chi connectivity index (χ0n) is 12.9. The van der Waals surface area contributed by atoms with Crippen molar-refractivity contribution in [3.8, 4) is 0 Å². The molecule has 1 aromatic rings. The highest BCUT2D eigenvalue weighted by Gasteiger charge is 2.39. The molecule has 1 heterocycles. The summed E-state index contributed by atoms with van der Waals surface area (Å²) < 4.78 is 0. The van der Waals surface area contributed by atoms with Gasteiger partial charge in [0.1, 0.15) is 0 Å². The molecule has 0 saturated carbocycles. The van der Waals surface area contributed by atoms with E-state index >= 15 is 0 Å². The van der Waals surface area contributed by atoms with E-state index in [9.17, 15) is 5.11 Å². The minimum absolute atomic E-state index is 0.122. The third kappa shape index (κ3) is 3.56. The van der Waals surface area contributed by atoms with Gasteiger partial charge in [-0.2, -0.15) is 0 Å². The second-order valence-corrected chi connectivity index (χ2v) is 6.03. The molecule has 1 atom stereocenters. The molecule has 0 radical (unpaired) electrons. The first-order valence-electron chi connectivity index (χ1n) is 7.38. The van der Waals surface area contributed by atoms with Gasteiger partial charge in [-0.3, -0.25) is 4.90 Å². The number of nitrogens with zero attached hydrogens (tertiary/aromatic N) is 2. The van der Waals surface area contributed by atoms with Crippen molar-refractivity contribution in [2.45, 2.75) is 65.5 Å². The molecule has 0 spiro atoms. The Kier molecular flexibility index (Phi) is 6.43. The monoisotopic (exact) mass is 284 g/mol. The predicted molar refractivity (Wildman–Crippen MR) is 82.8 cm³/mol. The Labute approximate surface area is 121 Å². The molecule has 19 heavy (non-hydrogen) atoms. The van der Waals surface area contributed by atoms with Gasteiger partial charge in [-0.05, 0) is 32.9 Å². The summed E-state index contributed by atoms with van der Waals surface area (Å²) in [5, 5.41) is 13.9. The van der Waals surface area contributed by atoms with Gasteiger partial charge in [0, 0.05) is 23.0 Å². The van der Waals surface area contributed by atoms with Gasteiger partial charge >= 0.3 is 0 Å². The minimum Gasteiger partial charge on any atom is -0.391 e. The molecule has 0 aliphatic rings. The van der Waals surface area contributed by atoms with Crippen LogP contribution < -0.4 is 0 Å². The van der Waals surface area contributed by atoms with Crippen LogP contribution in [-0.4, -0.2) is 39.7 Å². The fourth-order valence-electron chi connectivity index (χ4n) is 3.08. The summed E-state index contributed by atoms with van der Waals surface area (Å²) in [6, 6.07) is 0. The molecular weight excluding hydrogens is 256 g/mol. The minimum atomic E-state index is -0.354. The van der Waals surface area contributed by atoms with Crippen LogP contribution in [0.2, 0.25) is 0 Å². The lowest BCUT2D eigenvalue weighted by molar-refractivity contribution is -0.0341. The molecule has 1 aromatic heterocycles. The van der Waals surface area contributed by atoms with Gasteiger partial charge in [0.15, 0.2) is 0 Å². The molecule has 0 aliphatic carbocycles. The van der Waals surface area contributed by atoms with Crippen molar-refractivity contribution >= 4 is 11.3 Å². The number of aliphatic hydroxyl groups is 1. The average molecular weight is 284 g/mol. The third-order valence-electron chi connectivity index (χ3n) is 4.27. The van der Waals surface area contributed by atoms with Crippen LogP contribution in [0.15, 0.2) is 5.38 Å². The first-order chi connectivity index (χ1) is 9.03. The Hall–Kier alpha value is -0.450. The van der Waals surface area contributed by atoms with Crippen molar-refractivity contribution in [3.05, 3.63) is 16.1 Å². The fourth-order valence-corrected chi connectivity index (χ4v) is 3.89. The normalized spacial score (nSPS) is 14.1. The number of aliphatic hydroxyl groups excluding tert-OH is 1. The van der Waals surface area contributed by atoms with Crippen LogP contribution in [0.5, 0.6) is 0 Å². The first-order valence-corrected chi connectivity index (χ1v) is 8.26. The van der Waals surface area contributed by atoms with Crippen LogP contribution in [-0.2, 0) is 6.42 Å². The second-order valence-electron chi connectivity index (χ2n) is 5.09. The van der Waals surface area contributed by atoms with Crippen LogP contribution in [0.25, 0.3) is 0 Å². The molecule has 0 fully saturated rings. The quantitative estimate of drug-likeness (QED) is 0.796. The van der Waals surface area contributed by atoms with Gasteiger partial charge < -0.3 is 5.11 Å². The largest absolute Gasteiger partial charge is 0.391 e. The van der Waals surface area contributed by atoms with Crippen LogP contribution in [0.4, 0.5) is 0 Å². The zero-order valence-corrected chi connectivity index (χ0v) is 13.8. The summed E-state index contributed by atoms with van der Waals surface area (Å²) in [7, 11) is 0. The number of hydrogen-bond donors (Lipinski definition) is 1. The lowest BCUT2D eigenvalue weighted by Crippen LogP contribution is -2.56. The summed E-state index contributed by atoms with van der Waals surface area (Å²) in [4.78, 5) is 6.88. The lowest BCUT2D eigenvalue weighted by Gasteiger charge is -2.45. The van der Waals surface area contributed by atoms with Gasteiger partial charge in [0.05, 0.1) is 11.1 Å². The Bertz CT molecular complexity index is 370. The van der Waals surface area contributed by atoms with E-state index in [1.807, 2.05) is 6.92 Å². The van der Waals surface area contributed by atoms with E-state index in [-0.39, 0.29) is 11.6 Å². The van der Waals surface area contributed by atoms with Crippen molar-refractivity contribution in [2.75, 3.05) is 13.1 Å². The maximum Gasteiger partial charge on any atom is 0.0954 e. The Morgan fingerprint density at radius 1 is 1.26 bits per heavy atom. The van der Waals surface area contributed by atoms with Gasteiger partial charge in [-0.1, -0.05) is 27.7 Å². The van der Waals surface area contributed by atoms with Crippen molar-refractivity contribution in [3.63, 3.8) is 0 Å². The summed E-state index contributed by atoms with van der Waals surface area (Å²) >= 11 is 1.65. The predicted octanol–water partition coefficient (Wildman–Crippen LogP) is 3.26. The Morgan fingerprint density at radius 2 is 1.84 bits per heavy atom. The number of rotatable bonds is 8. The molecule has 3 nitrogen and oxygen atoms in total. The fraction of sp³-hybridized carbons (Fsp3) is 0.800. The van der Waals surface area contributed by atoms with Gasteiger partial charge in [-0.15, -0.1) is 11.3 Å². The molecular formula is C15H28N2OS. The lowest BCUT2D eigenvalue weighted by atomic mass is 9.83. The highest BCUT2D eigenvalue weighted by Crippen LogP contribution is 2.30. The van der Waals surface area contributed by atoms with Crippen molar-refractivity contribution in [1.82, 2.24) is 9.88 Å². The first kappa shape index (κ1) is 16.6. The molecule has 0 aromatic carbocycles. The van der Waals surface area contributed by atoms with Crippen molar-refractivity contribution < 1.29 is 5.11 Å². The smallest absolute Gasteiger partial charge is 0.0954 e. The zero-order chi connectivity index (χ0) is 14.5. The highest BCUT2D eigenvalue weighted by atomic mass is 32.1. The van der Waals surface area contributed by atoms with Gasteiger partial charge in [0.2, 0.25) is 0 Å². The summed E-state index contributed by atoms with van der Waals surface area (Å²) in [5.74, 6) is 0. The van der Waals surface area contributed by atoms with E-state index in [0.717, 1.165) is 36.6 Å². The highest BCUT2D eigenvalue weighted by molar-refractivity contribution is 7.09. The van der Waals surface area contributed by atoms with E-state index < -0.39 is 0 Å². The topological polar surface area (TPSA) is 36.4 Å². The van der Waals surface area contributed by atoms with Crippen LogP contribution >= 0.6 is 11.3 Å². The Balaban J connectivity index is 2.91. The molecule has 110 valence electrons. The Morgan fingerprint density at radius 3 is 2.21 bits per heavy atom. The van der Waals surface area contributed by atoms with Crippen LogP contribution in [0, 0.1) is 6.92 Å². The van der Waals surface area contributed by atoms with E-state index in [0.29, 0.717) is 6.42 Å². The number of hydrogen-bond acceptors (Lipinski definition) is 4. The third-order valence-corrected chi connectivity index (χ3v) is 5.26. The van der Waals surface area contributed by atoms with E-state index in [1.54, 1.807) is 11.3 Å². The molecule has 0 aliphatic heterocycles. The van der Waals surface area contributed by atoms with Crippen LogP contribution in [0.3, 0.4) is 0 Å². The molecule has 1 N–H and O–H groups in total. The number of aromatic nitrogens is 1. The maximum absolute atomic E-state index is 10.8. The molecule has 4 heteroatoms. The molecule has 0 saturated heterocycles. The van der Waals surface area contributed by atoms with E-state index in [4.69, 9.17) is 0 Å². The summed E-state index contributed by atoms with van der Waals surface area (Å²) in [6.45, 7) is 12.7. The summed E-state index contributed by atoms with van der Waals surface area (Å²) in [5.41, 5.74) is 0.928. The molecule has 1 unspecified atom stereocenters. The number of aryl methyl sites for hydroxylation is 1. The van der Waals surface area contributed by atoms with Gasteiger partial charge in [-0.25, -0.2) is 4.98 Å². The van der Waals surface area contributed by atoms with E-state index in [1.165, 1.54) is 0 Å². The van der Waals surface area contributed by atoms with Gasteiger partial charge in [0.25, 0.3) is 0 Å². The molecule has 0 bridgehead atoms. The van der Waals surface area contributed by atoms with Crippen molar-refractivity contribution in [1.29, 1.82) is 0 Å². The standard InChI is InChI=1S/C15H28N2OS/c1-6-15(7-2,17(8-3)9-4)13(18)10-14-16-12(5)11-19-14/h11,13,18H,6-10H2,1-5H3. The molecule has 1 rings (SSSR count). The second kappa shape index (κ2) is 7.36. The molecule has 0 amide bonds. The van der Waals surface area contributed by atoms with E-state index in [2.05, 4.69) is 43.0 Å². The number of likely N-dealkylation sites (N-methyl/N-ethyl adjacent to an activating group) is 1. The maximum atomic E-state index is 10.8.